The predicted octanol–water partition coefficient (Wildman–Crippen LogP) is 2.62. The minimum Gasteiger partial charge on any atom is -0.259 e. The first-order valence-corrected chi connectivity index (χ1v) is 4.88. The van der Waals surface area contributed by atoms with Crippen LogP contribution in [0.4, 0.5) is 0 Å². The normalized spacial score (nSPS) is 14.8. The van der Waals surface area contributed by atoms with Gasteiger partial charge in [-0.3, -0.25) is 4.98 Å². The Balaban J connectivity index is 2.54. The lowest BCUT2D eigenvalue weighted by molar-refractivity contribution is 0.909. The highest BCUT2D eigenvalue weighted by atomic mass is 35.5. The summed E-state index contributed by atoms with van der Waals surface area (Å²) < 4.78 is 0. The van der Waals surface area contributed by atoms with Gasteiger partial charge in [-0.2, -0.15) is 0 Å². The third-order valence-corrected chi connectivity index (χ3v) is 2.90. The van der Waals surface area contributed by atoms with Crippen molar-refractivity contribution in [2.45, 2.75) is 32.1 Å². The molecule has 0 N–H and O–H groups in total. The van der Waals surface area contributed by atoms with Gasteiger partial charge < -0.3 is 0 Å². The molecule has 0 bridgehead atoms. The highest BCUT2D eigenvalue weighted by Crippen LogP contribution is 2.26. The highest BCUT2D eigenvalue weighted by Gasteiger charge is 2.15. The maximum atomic E-state index is 5.77. The fourth-order valence-electron chi connectivity index (χ4n) is 1.90. The van der Waals surface area contributed by atoms with Crippen LogP contribution in [0.3, 0.4) is 0 Å². The number of aromatic nitrogens is 1. The molecular weight excluding hydrogens is 170 g/mol. The molecule has 0 aromatic carbocycles. The van der Waals surface area contributed by atoms with Crippen LogP contribution in [0.15, 0.2) is 6.20 Å². The smallest absolute Gasteiger partial charge is 0.0650 e. The van der Waals surface area contributed by atoms with E-state index >= 15 is 0 Å². The fourth-order valence-corrected chi connectivity index (χ4v) is 2.17. The van der Waals surface area contributed by atoms with Gasteiger partial charge in [0.2, 0.25) is 0 Å². The Labute approximate surface area is 77.8 Å². The molecule has 1 aliphatic rings. The molecule has 0 amide bonds. The number of alkyl halides is 1. The molecule has 0 radical (unpaired) electrons. The molecule has 1 aliphatic carbocycles. The zero-order chi connectivity index (χ0) is 8.55. The molecule has 1 nitrogen and oxygen atoms in total. The van der Waals surface area contributed by atoms with Gasteiger partial charge in [-0.1, -0.05) is 0 Å². The molecule has 1 aromatic heterocycles. The van der Waals surface area contributed by atoms with Crippen molar-refractivity contribution in [2.75, 3.05) is 0 Å². The predicted molar refractivity (Wildman–Crippen MR) is 50.6 cm³/mol. The van der Waals surface area contributed by atoms with Crippen LogP contribution in [0.5, 0.6) is 0 Å². The van der Waals surface area contributed by atoms with E-state index < -0.39 is 0 Å². The van der Waals surface area contributed by atoms with E-state index in [2.05, 4.69) is 11.9 Å². The van der Waals surface area contributed by atoms with E-state index in [1.54, 1.807) is 0 Å². The Morgan fingerprint density at radius 3 is 3.08 bits per heavy atom. The number of hydrogen-bond donors (Lipinski definition) is 0. The summed E-state index contributed by atoms with van der Waals surface area (Å²) >= 11 is 5.77. The first kappa shape index (κ1) is 8.06. The number of fused-ring (bicyclic) bond motifs is 1. The van der Waals surface area contributed by atoms with E-state index in [0.29, 0.717) is 5.88 Å². The van der Waals surface area contributed by atoms with Gasteiger partial charge in [-0.05, 0) is 42.9 Å². The van der Waals surface area contributed by atoms with Gasteiger partial charge in [0.05, 0.1) is 11.6 Å². The van der Waals surface area contributed by atoms with Gasteiger partial charge in [0, 0.05) is 6.20 Å². The van der Waals surface area contributed by atoms with Crippen molar-refractivity contribution in [1.29, 1.82) is 0 Å². The largest absolute Gasteiger partial charge is 0.259 e. The number of hydrogen-bond acceptors (Lipinski definition) is 1. The molecule has 0 atom stereocenters. The van der Waals surface area contributed by atoms with E-state index in [1.807, 2.05) is 6.20 Å². The zero-order valence-corrected chi connectivity index (χ0v) is 7.99. The van der Waals surface area contributed by atoms with Crippen LogP contribution in [-0.4, -0.2) is 4.98 Å². The summed E-state index contributed by atoms with van der Waals surface area (Å²) in [6.07, 6.45) is 5.69. The lowest BCUT2D eigenvalue weighted by atomic mass is 10.1. The number of rotatable bonds is 1. The van der Waals surface area contributed by atoms with Crippen molar-refractivity contribution in [3.8, 4) is 0 Å². The summed E-state index contributed by atoms with van der Waals surface area (Å²) in [5.41, 5.74) is 5.30. The lowest BCUT2D eigenvalue weighted by Gasteiger charge is -2.06. The van der Waals surface area contributed by atoms with Crippen molar-refractivity contribution in [2.24, 2.45) is 0 Å². The van der Waals surface area contributed by atoms with Crippen molar-refractivity contribution in [3.05, 3.63) is 28.6 Å². The Morgan fingerprint density at radius 2 is 2.33 bits per heavy atom. The van der Waals surface area contributed by atoms with Gasteiger partial charge >= 0.3 is 0 Å². The quantitative estimate of drug-likeness (QED) is 0.607. The first-order valence-electron chi connectivity index (χ1n) is 4.35. The summed E-state index contributed by atoms with van der Waals surface area (Å²) in [5.74, 6) is 0.541. The van der Waals surface area contributed by atoms with Crippen LogP contribution < -0.4 is 0 Å². The molecule has 1 heterocycles. The summed E-state index contributed by atoms with van der Waals surface area (Å²) in [6.45, 7) is 2.13. The summed E-state index contributed by atoms with van der Waals surface area (Å²) in [4.78, 5) is 4.34. The van der Waals surface area contributed by atoms with E-state index in [-0.39, 0.29) is 0 Å². The molecule has 0 spiro atoms. The van der Waals surface area contributed by atoms with Crippen LogP contribution in [0.25, 0.3) is 0 Å². The van der Waals surface area contributed by atoms with Crippen LogP contribution in [-0.2, 0) is 18.7 Å². The Bertz CT molecular complexity index is 307. The van der Waals surface area contributed by atoms with E-state index in [1.165, 1.54) is 36.0 Å². The minimum absolute atomic E-state index is 0.541. The van der Waals surface area contributed by atoms with Crippen LogP contribution in [0.2, 0.25) is 0 Å². The zero-order valence-electron chi connectivity index (χ0n) is 7.23. The van der Waals surface area contributed by atoms with Crippen LogP contribution >= 0.6 is 11.6 Å². The molecule has 12 heavy (non-hydrogen) atoms. The Hall–Kier alpha value is -0.560. The standard InChI is InChI=1S/C10H12ClN/c1-7-9-4-2-3-8(9)6-12-10(7)5-11/h6H,2-5H2,1H3. The first-order chi connectivity index (χ1) is 5.83. The van der Waals surface area contributed by atoms with Gasteiger partial charge in [0.25, 0.3) is 0 Å². The lowest BCUT2D eigenvalue weighted by Crippen LogP contribution is -1.96. The summed E-state index contributed by atoms with van der Waals surface area (Å²) in [6, 6.07) is 0. The van der Waals surface area contributed by atoms with Gasteiger partial charge in [-0.15, -0.1) is 11.6 Å². The topological polar surface area (TPSA) is 12.9 Å². The van der Waals surface area contributed by atoms with Gasteiger partial charge in [0.15, 0.2) is 0 Å². The number of halogens is 1. The fraction of sp³-hybridized carbons (Fsp3) is 0.500. The Kier molecular flexibility index (Phi) is 2.05. The van der Waals surface area contributed by atoms with Crippen LogP contribution in [0.1, 0.15) is 28.8 Å². The SMILES string of the molecule is Cc1c(CCl)ncc2c1CCC2. The molecule has 64 valence electrons. The molecule has 1 aromatic rings. The second kappa shape index (κ2) is 3.06. The van der Waals surface area contributed by atoms with Crippen molar-refractivity contribution < 1.29 is 0 Å². The summed E-state index contributed by atoms with van der Waals surface area (Å²) in [5, 5.41) is 0. The van der Waals surface area contributed by atoms with Crippen molar-refractivity contribution >= 4 is 11.6 Å². The summed E-state index contributed by atoms with van der Waals surface area (Å²) in [7, 11) is 0. The number of pyridine rings is 1. The van der Waals surface area contributed by atoms with Gasteiger partial charge in [-0.25, -0.2) is 0 Å². The molecule has 2 rings (SSSR count). The van der Waals surface area contributed by atoms with E-state index in [0.717, 1.165) is 5.69 Å². The third-order valence-electron chi connectivity index (χ3n) is 2.65. The Morgan fingerprint density at radius 1 is 1.50 bits per heavy atom. The molecule has 0 aliphatic heterocycles. The average molecular weight is 182 g/mol. The number of nitrogens with zero attached hydrogens (tertiary/aromatic N) is 1. The van der Waals surface area contributed by atoms with E-state index in [4.69, 9.17) is 11.6 Å². The monoisotopic (exact) mass is 181 g/mol. The van der Waals surface area contributed by atoms with Crippen molar-refractivity contribution in [1.82, 2.24) is 4.98 Å². The molecule has 2 heteroatoms. The molecule has 0 saturated heterocycles. The second-order valence-electron chi connectivity index (χ2n) is 3.32. The number of aryl methyl sites for hydroxylation is 1. The van der Waals surface area contributed by atoms with Gasteiger partial charge in [0.1, 0.15) is 0 Å². The maximum absolute atomic E-state index is 5.77. The molecule has 0 fully saturated rings. The highest BCUT2D eigenvalue weighted by molar-refractivity contribution is 6.17. The third kappa shape index (κ3) is 1.13. The minimum atomic E-state index is 0.541. The maximum Gasteiger partial charge on any atom is 0.0650 e. The molecule has 0 unspecified atom stereocenters. The molecular formula is C10H12ClN. The van der Waals surface area contributed by atoms with Crippen LogP contribution in [0, 0.1) is 6.92 Å². The van der Waals surface area contributed by atoms with E-state index in [9.17, 15) is 0 Å². The molecule has 0 saturated carbocycles. The second-order valence-corrected chi connectivity index (χ2v) is 3.59. The van der Waals surface area contributed by atoms with Crippen molar-refractivity contribution in [3.63, 3.8) is 0 Å². The average Bonchev–Trinajstić information content (AvgIpc) is 2.53.